The molecule has 5 aromatic rings. The van der Waals surface area contributed by atoms with Gasteiger partial charge in [-0.1, -0.05) is 25.1 Å². The first-order valence-corrected chi connectivity index (χ1v) is 19.2. The summed E-state index contributed by atoms with van der Waals surface area (Å²) in [5, 5.41) is 18.7. The number of aryl methyl sites for hydroxylation is 2. The van der Waals surface area contributed by atoms with Crippen molar-refractivity contribution in [3.8, 4) is 6.07 Å². The maximum Gasteiger partial charge on any atom is 0.393 e. The van der Waals surface area contributed by atoms with Crippen LogP contribution in [0.2, 0.25) is 0 Å². The minimum atomic E-state index is -4.27. The second-order valence-corrected chi connectivity index (χ2v) is 16.7. The summed E-state index contributed by atoms with van der Waals surface area (Å²) >= 11 is 1.09. The van der Waals surface area contributed by atoms with Crippen LogP contribution in [0.5, 0.6) is 0 Å². The van der Waals surface area contributed by atoms with Crippen LogP contribution < -0.4 is 16.4 Å². The number of nitrogens with two attached hydrogens (primary N) is 1. The Balaban J connectivity index is 0.888. The highest BCUT2D eigenvalue weighted by Gasteiger charge is 2.68. The third-order valence-corrected chi connectivity index (χ3v) is 12.5. The Morgan fingerprint density at radius 3 is 2.57 bits per heavy atom. The molecular weight excluding hydrogens is 698 g/mol. The van der Waals surface area contributed by atoms with E-state index >= 15 is 0 Å². The Morgan fingerprint density at radius 2 is 1.87 bits per heavy atom. The van der Waals surface area contributed by atoms with Crippen molar-refractivity contribution in [1.82, 2.24) is 24.8 Å². The van der Waals surface area contributed by atoms with E-state index in [2.05, 4.69) is 55.2 Å². The minimum absolute atomic E-state index is 0.0224. The SMILES string of the molecule is CCc1nc(NC2CCN(Cc3ccc4c(cc(C#N)n4CC45CC(NC(=O)Cc6cccc(N)c6)(C4)C5)c3C)CC2)c2cc(CC(F)(F)F)sc2n1. The molecule has 2 bridgehead atoms. The second kappa shape index (κ2) is 13.3. The van der Waals surface area contributed by atoms with E-state index in [0.29, 0.717) is 46.1 Å². The lowest BCUT2D eigenvalue weighted by Gasteiger charge is -2.70. The number of piperidine rings is 1. The monoisotopic (exact) mass is 740 g/mol. The molecule has 276 valence electrons. The predicted octanol–water partition coefficient (Wildman–Crippen LogP) is 7.43. The normalized spacial score (nSPS) is 21.7. The highest BCUT2D eigenvalue weighted by Crippen LogP contribution is 2.68. The minimum Gasteiger partial charge on any atom is -0.399 e. The molecule has 0 radical (unpaired) electrons. The van der Waals surface area contributed by atoms with Gasteiger partial charge in [0.1, 0.15) is 28.2 Å². The molecule has 4 heterocycles. The summed E-state index contributed by atoms with van der Waals surface area (Å²) in [6, 6.07) is 18.0. The predicted molar refractivity (Wildman–Crippen MR) is 202 cm³/mol. The molecule has 0 unspecified atom stereocenters. The molecule has 3 aromatic heterocycles. The molecular formula is C40H43F3N8OS. The van der Waals surface area contributed by atoms with Gasteiger partial charge in [0.25, 0.3) is 0 Å². The van der Waals surface area contributed by atoms with Gasteiger partial charge in [0.05, 0.1) is 18.2 Å². The van der Waals surface area contributed by atoms with Crippen LogP contribution in [0.4, 0.5) is 24.7 Å². The number of benzene rings is 2. The van der Waals surface area contributed by atoms with Crippen LogP contribution in [0.1, 0.15) is 72.1 Å². The summed E-state index contributed by atoms with van der Waals surface area (Å²) in [5.74, 6) is 1.27. The first kappa shape index (κ1) is 35.4. The summed E-state index contributed by atoms with van der Waals surface area (Å²) in [5.41, 5.74) is 11.6. The van der Waals surface area contributed by atoms with Crippen molar-refractivity contribution in [3.05, 3.63) is 81.6 Å². The number of nitrogens with one attached hydrogen (secondary N) is 2. The summed E-state index contributed by atoms with van der Waals surface area (Å²) in [6.07, 6.45) is 0.213. The van der Waals surface area contributed by atoms with Crippen molar-refractivity contribution >= 4 is 49.9 Å². The zero-order chi connectivity index (χ0) is 37.1. The van der Waals surface area contributed by atoms with Gasteiger partial charge in [-0.15, -0.1) is 11.3 Å². The Hall–Kier alpha value is -4.67. The van der Waals surface area contributed by atoms with Crippen molar-refractivity contribution in [3.63, 3.8) is 0 Å². The highest BCUT2D eigenvalue weighted by molar-refractivity contribution is 7.18. The molecule has 1 saturated heterocycles. The molecule has 0 spiro atoms. The molecule has 9 nitrogen and oxygen atoms in total. The third kappa shape index (κ3) is 7.06. The number of fused-ring (bicyclic) bond motifs is 2. The van der Waals surface area contributed by atoms with Crippen LogP contribution in [-0.2, 0) is 37.1 Å². The van der Waals surface area contributed by atoms with Crippen LogP contribution in [-0.4, -0.2) is 56.2 Å². The number of hydrogen-bond donors (Lipinski definition) is 3. The number of hydrogen-bond acceptors (Lipinski definition) is 8. The molecule has 3 aliphatic carbocycles. The van der Waals surface area contributed by atoms with Crippen molar-refractivity contribution in [2.24, 2.45) is 5.41 Å². The number of nitriles is 1. The molecule has 4 aliphatic rings. The lowest BCUT2D eigenvalue weighted by Crippen LogP contribution is -2.75. The van der Waals surface area contributed by atoms with Crippen molar-refractivity contribution in [2.45, 2.75) is 96.1 Å². The molecule has 53 heavy (non-hydrogen) atoms. The van der Waals surface area contributed by atoms with Crippen molar-refractivity contribution in [2.75, 3.05) is 24.1 Å². The molecule has 0 atom stereocenters. The van der Waals surface area contributed by atoms with E-state index in [-0.39, 0.29) is 27.8 Å². The zero-order valence-electron chi connectivity index (χ0n) is 29.9. The summed E-state index contributed by atoms with van der Waals surface area (Å²) in [7, 11) is 0. The Bertz CT molecular complexity index is 2240. The van der Waals surface area contributed by atoms with Gasteiger partial charge in [-0.3, -0.25) is 9.69 Å². The van der Waals surface area contributed by atoms with E-state index in [1.54, 1.807) is 6.07 Å². The fourth-order valence-electron chi connectivity index (χ4n) is 9.06. The molecule has 1 aliphatic heterocycles. The first-order chi connectivity index (χ1) is 25.3. The van der Waals surface area contributed by atoms with E-state index in [4.69, 9.17) is 5.73 Å². The Kier molecular flexibility index (Phi) is 8.89. The molecule has 2 aromatic carbocycles. The molecule has 1 amide bonds. The quantitative estimate of drug-likeness (QED) is 0.120. The standard InChI is InChI=1S/C40H43F3N8OS/c1-3-34-47-36(32-16-30(17-40(41,42)43)53-37(32)48-34)46-28-9-11-50(12-10-28)19-26-7-8-33-31(24(26)2)15-29(18-44)51(33)23-38-20-39(21-38,22-38)49-35(52)14-25-5-4-6-27(45)13-25/h4-8,13,15-16,28H,3,9-12,14,17,19-23,45H2,1-2H3,(H,49,52)(H,46,47,48). The van der Waals surface area contributed by atoms with Crippen LogP contribution in [0.3, 0.4) is 0 Å². The largest absolute Gasteiger partial charge is 0.399 e. The number of halogens is 3. The summed E-state index contributed by atoms with van der Waals surface area (Å²) in [6.45, 7) is 7.40. The van der Waals surface area contributed by atoms with Gasteiger partial charge in [-0.2, -0.15) is 18.4 Å². The Labute approximate surface area is 310 Å². The van der Waals surface area contributed by atoms with E-state index in [9.17, 15) is 23.2 Å². The van der Waals surface area contributed by atoms with E-state index in [0.717, 1.165) is 86.1 Å². The van der Waals surface area contributed by atoms with Crippen LogP contribution in [0.25, 0.3) is 21.1 Å². The molecule has 13 heteroatoms. The number of amides is 1. The Morgan fingerprint density at radius 1 is 1.09 bits per heavy atom. The van der Waals surface area contributed by atoms with Gasteiger partial charge < -0.3 is 20.9 Å². The van der Waals surface area contributed by atoms with Gasteiger partial charge in [0.2, 0.25) is 5.91 Å². The number of nitrogen functional groups attached to an aromatic ring is 1. The number of thiophene rings is 1. The number of carbonyl (C=O) groups excluding carboxylic acids is 1. The molecule has 4 N–H and O–H groups in total. The number of likely N-dealkylation sites (tertiary alicyclic amines) is 1. The summed E-state index contributed by atoms with van der Waals surface area (Å²) in [4.78, 5) is 25.3. The fourth-order valence-corrected chi connectivity index (χ4v) is 10.1. The van der Waals surface area contributed by atoms with E-state index in [1.807, 2.05) is 37.3 Å². The maximum absolute atomic E-state index is 13.1. The van der Waals surface area contributed by atoms with Crippen LogP contribution in [0, 0.1) is 23.7 Å². The van der Waals surface area contributed by atoms with Crippen LogP contribution >= 0.6 is 11.3 Å². The lowest BCUT2D eigenvalue weighted by molar-refractivity contribution is -0.171. The van der Waals surface area contributed by atoms with Crippen molar-refractivity contribution < 1.29 is 18.0 Å². The van der Waals surface area contributed by atoms with Gasteiger partial charge in [-0.25, -0.2) is 9.97 Å². The first-order valence-electron chi connectivity index (χ1n) is 18.3. The maximum atomic E-state index is 13.1. The van der Waals surface area contributed by atoms with Gasteiger partial charge in [0.15, 0.2) is 0 Å². The van der Waals surface area contributed by atoms with Gasteiger partial charge in [0, 0.05) is 65.6 Å². The fraction of sp³-hybridized carbons (Fsp3) is 0.450. The number of aromatic nitrogens is 3. The average Bonchev–Trinajstić information content (AvgIpc) is 3.65. The van der Waals surface area contributed by atoms with E-state index in [1.165, 1.54) is 11.1 Å². The topological polar surface area (TPSA) is 125 Å². The number of anilines is 2. The number of nitrogens with zero attached hydrogens (tertiary/aromatic N) is 5. The van der Waals surface area contributed by atoms with E-state index < -0.39 is 12.6 Å². The lowest BCUT2D eigenvalue weighted by atomic mass is 9.39. The smallest absolute Gasteiger partial charge is 0.393 e. The number of carbonyl (C=O) groups is 1. The summed E-state index contributed by atoms with van der Waals surface area (Å²) < 4.78 is 41.5. The van der Waals surface area contributed by atoms with Crippen LogP contribution in [0.15, 0.2) is 48.5 Å². The number of rotatable bonds is 11. The van der Waals surface area contributed by atoms with Gasteiger partial charge >= 0.3 is 6.18 Å². The molecule has 9 rings (SSSR count). The molecule has 4 fully saturated rings. The zero-order valence-corrected chi connectivity index (χ0v) is 30.8. The average molecular weight is 741 g/mol. The number of alkyl halides is 3. The molecule has 3 saturated carbocycles. The highest BCUT2D eigenvalue weighted by atomic mass is 32.1. The van der Waals surface area contributed by atoms with Gasteiger partial charge in [-0.05, 0) is 91.5 Å². The van der Waals surface area contributed by atoms with Crippen molar-refractivity contribution in [1.29, 1.82) is 5.26 Å². The third-order valence-electron chi connectivity index (χ3n) is 11.4. The second-order valence-electron chi connectivity index (χ2n) is 15.6.